The van der Waals surface area contributed by atoms with Gasteiger partial charge in [0.15, 0.2) is 0 Å². The predicted molar refractivity (Wildman–Crippen MR) is 265 cm³/mol. The fourth-order valence-electron chi connectivity index (χ4n) is 11.8. The van der Waals surface area contributed by atoms with Gasteiger partial charge in [-0.05, 0) is 132 Å². The summed E-state index contributed by atoms with van der Waals surface area (Å²) in [5.74, 6) is 0. The molecule has 9 aromatic carbocycles. The van der Waals surface area contributed by atoms with Crippen molar-refractivity contribution >= 4 is 17.1 Å². The fourth-order valence-corrected chi connectivity index (χ4v) is 11.8. The van der Waals surface area contributed by atoms with E-state index in [-0.39, 0.29) is 16.2 Å². The van der Waals surface area contributed by atoms with Gasteiger partial charge in [0, 0.05) is 33.2 Å². The van der Waals surface area contributed by atoms with Gasteiger partial charge in [0.2, 0.25) is 0 Å². The van der Waals surface area contributed by atoms with E-state index in [0.29, 0.717) is 0 Å². The lowest BCUT2D eigenvalue weighted by atomic mass is 9.74. The molecule has 12 rings (SSSR count). The highest BCUT2D eigenvalue weighted by molar-refractivity contribution is 5.94. The lowest BCUT2D eigenvalue weighted by Crippen LogP contribution is -2.23. The summed E-state index contributed by atoms with van der Waals surface area (Å²) in [7, 11) is 0. The average Bonchev–Trinajstić information content (AvgIpc) is 3.83. The minimum absolute atomic E-state index is 0.100. The van der Waals surface area contributed by atoms with Crippen LogP contribution in [0.2, 0.25) is 0 Å². The molecule has 0 fully saturated rings. The van der Waals surface area contributed by atoms with Crippen LogP contribution in [0.5, 0.6) is 0 Å². The second-order valence-electron chi connectivity index (χ2n) is 19.0. The van der Waals surface area contributed by atoms with Crippen LogP contribution in [0.25, 0.3) is 55.6 Å². The minimum Gasteiger partial charge on any atom is -0.310 e. The quantitative estimate of drug-likeness (QED) is 0.162. The smallest absolute Gasteiger partial charge is 0.0540 e. The van der Waals surface area contributed by atoms with Crippen molar-refractivity contribution in [2.45, 2.75) is 50.9 Å². The summed E-state index contributed by atoms with van der Waals surface area (Å²) in [4.78, 5) is 2.50. The van der Waals surface area contributed by atoms with Gasteiger partial charge in [-0.15, -0.1) is 0 Å². The second kappa shape index (κ2) is 13.6. The summed E-state index contributed by atoms with van der Waals surface area (Å²) < 4.78 is 0. The minimum atomic E-state index is -0.323. The van der Waals surface area contributed by atoms with Crippen molar-refractivity contribution in [3.8, 4) is 55.6 Å². The lowest BCUT2D eigenvalue weighted by molar-refractivity contribution is 0.660. The fraction of sp³-hybridized carbons (Fsp3) is 0.129. The van der Waals surface area contributed by atoms with Gasteiger partial charge in [-0.25, -0.2) is 0 Å². The average molecular weight is 808 g/mol. The van der Waals surface area contributed by atoms with Gasteiger partial charge in [0.1, 0.15) is 0 Å². The Bertz CT molecular complexity index is 3290. The number of fused-ring (bicyclic) bond motifs is 9. The van der Waals surface area contributed by atoms with Crippen LogP contribution in [-0.2, 0) is 16.2 Å². The third-order valence-corrected chi connectivity index (χ3v) is 15.0. The van der Waals surface area contributed by atoms with E-state index in [1.165, 1.54) is 94.6 Å². The summed E-state index contributed by atoms with van der Waals surface area (Å²) in [6.45, 7) is 11.9. The van der Waals surface area contributed by atoms with Crippen molar-refractivity contribution in [2.24, 2.45) is 0 Å². The molecule has 3 aliphatic carbocycles. The number of hydrogen-bond acceptors (Lipinski definition) is 1. The van der Waals surface area contributed by atoms with Crippen LogP contribution < -0.4 is 4.90 Å². The van der Waals surface area contributed by atoms with Crippen LogP contribution in [0.4, 0.5) is 17.1 Å². The van der Waals surface area contributed by atoms with E-state index in [0.717, 1.165) is 17.1 Å². The van der Waals surface area contributed by atoms with E-state index < -0.39 is 0 Å². The molecule has 0 saturated heterocycles. The Labute approximate surface area is 372 Å². The van der Waals surface area contributed by atoms with Crippen LogP contribution in [0, 0.1) is 0 Å². The maximum Gasteiger partial charge on any atom is 0.0540 e. The van der Waals surface area contributed by atoms with Crippen molar-refractivity contribution in [1.82, 2.24) is 0 Å². The molecule has 0 heterocycles. The number of benzene rings is 9. The number of hydrogen-bond donors (Lipinski definition) is 0. The van der Waals surface area contributed by atoms with Crippen LogP contribution in [0.3, 0.4) is 0 Å². The van der Waals surface area contributed by atoms with E-state index in [1.54, 1.807) is 0 Å². The predicted octanol–water partition coefficient (Wildman–Crippen LogP) is 16.4. The zero-order chi connectivity index (χ0) is 42.7. The summed E-state index contributed by atoms with van der Waals surface area (Å²) in [5, 5.41) is 0. The molecule has 0 spiro atoms. The van der Waals surface area contributed by atoms with Crippen molar-refractivity contribution < 1.29 is 0 Å². The van der Waals surface area contributed by atoms with E-state index in [9.17, 15) is 0 Å². The molecule has 0 saturated carbocycles. The Kier molecular flexibility index (Phi) is 8.13. The highest BCUT2D eigenvalue weighted by atomic mass is 15.1. The normalized spacial score (nSPS) is 16.7. The summed E-state index contributed by atoms with van der Waals surface area (Å²) in [6, 6.07) is 77.4. The number of para-hydroxylation sites is 1. The first-order valence-electron chi connectivity index (χ1n) is 22.4. The SMILES string of the molecule is CC1(C)c2ccccc2-c2ccc(-c3ccccc3N(c3ccc(-c4cccc5c4C(C)(C)c4ccccc4-5)cc3)c3ccc4c(c3)C(C)(c3ccccc3)c3ccccc3-4)cc21. The van der Waals surface area contributed by atoms with Crippen molar-refractivity contribution in [3.05, 3.63) is 245 Å². The summed E-state index contributed by atoms with van der Waals surface area (Å²) in [6.07, 6.45) is 0. The first kappa shape index (κ1) is 37.5. The summed E-state index contributed by atoms with van der Waals surface area (Å²) in [5.41, 5.74) is 25.3. The second-order valence-corrected chi connectivity index (χ2v) is 19.0. The van der Waals surface area contributed by atoms with Gasteiger partial charge in [-0.2, -0.15) is 0 Å². The van der Waals surface area contributed by atoms with Crippen molar-refractivity contribution in [1.29, 1.82) is 0 Å². The summed E-state index contributed by atoms with van der Waals surface area (Å²) >= 11 is 0. The van der Waals surface area contributed by atoms with Crippen LogP contribution >= 0.6 is 0 Å². The molecule has 0 aliphatic heterocycles. The Morgan fingerprint density at radius 3 is 1.52 bits per heavy atom. The standard InChI is InChI=1S/C62H49N/c1-60(2)53-26-13-9-21-47(53)50-36-32-41(38-56(50)60)45-20-12-16-29-58(45)63(44-35-37-51-48-22-11-15-28-55(48)62(5,57(51)39-44)42-18-7-6-8-19-42)43-33-30-40(31-34-43)46-24-17-25-52-49-23-10-14-27-54(49)61(3,4)59(46)52/h6-39H,1-5H3. The first-order chi connectivity index (χ1) is 30.7. The number of nitrogens with zero attached hydrogens (tertiary/aromatic N) is 1. The number of rotatable bonds is 6. The van der Waals surface area contributed by atoms with E-state index in [2.05, 4.69) is 246 Å². The number of anilines is 3. The van der Waals surface area contributed by atoms with Crippen molar-refractivity contribution in [2.75, 3.05) is 4.90 Å². The maximum atomic E-state index is 2.50. The molecule has 302 valence electrons. The molecule has 63 heavy (non-hydrogen) atoms. The molecule has 3 aliphatic rings. The van der Waals surface area contributed by atoms with Gasteiger partial charge in [-0.1, -0.05) is 198 Å². The molecule has 1 heteroatoms. The molecule has 0 radical (unpaired) electrons. The third-order valence-electron chi connectivity index (χ3n) is 15.0. The molecular weight excluding hydrogens is 759 g/mol. The zero-order valence-corrected chi connectivity index (χ0v) is 36.6. The third kappa shape index (κ3) is 5.36. The largest absolute Gasteiger partial charge is 0.310 e. The van der Waals surface area contributed by atoms with Gasteiger partial charge in [-0.3, -0.25) is 0 Å². The van der Waals surface area contributed by atoms with Crippen LogP contribution in [-0.4, -0.2) is 0 Å². The van der Waals surface area contributed by atoms with Gasteiger partial charge < -0.3 is 4.90 Å². The molecule has 0 N–H and O–H groups in total. The molecular formula is C62H49N. The Morgan fingerprint density at radius 1 is 0.302 bits per heavy atom. The Hall–Kier alpha value is -7.22. The van der Waals surface area contributed by atoms with E-state index >= 15 is 0 Å². The van der Waals surface area contributed by atoms with E-state index in [1.807, 2.05) is 0 Å². The molecule has 0 amide bonds. The molecule has 0 aromatic heterocycles. The molecule has 9 aromatic rings. The molecule has 1 nitrogen and oxygen atoms in total. The van der Waals surface area contributed by atoms with E-state index in [4.69, 9.17) is 0 Å². The van der Waals surface area contributed by atoms with Gasteiger partial charge in [0.25, 0.3) is 0 Å². The van der Waals surface area contributed by atoms with Crippen LogP contribution in [0.1, 0.15) is 73.6 Å². The maximum absolute atomic E-state index is 2.50. The first-order valence-corrected chi connectivity index (χ1v) is 22.4. The molecule has 1 atom stereocenters. The Balaban J connectivity index is 1.04. The van der Waals surface area contributed by atoms with Crippen LogP contribution in [0.15, 0.2) is 206 Å². The zero-order valence-electron chi connectivity index (χ0n) is 36.6. The van der Waals surface area contributed by atoms with Gasteiger partial charge >= 0.3 is 0 Å². The molecule has 1 unspecified atom stereocenters. The highest BCUT2D eigenvalue weighted by Gasteiger charge is 2.42. The lowest BCUT2D eigenvalue weighted by Gasteiger charge is -2.32. The Morgan fingerprint density at radius 2 is 0.794 bits per heavy atom. The van der Waals surface area contributed by atoms with Crippen molar-refractivity contribution in [3.63, 3.8) is 0 Å². The van der Waals surface area contributed by atoms with Gasteiger partial charge in [0.05, 0.1) is 5.69 Å². The highest BCUT2D eigenvalue weighted by Crippen LogP contribution is 2.56. The molecule has 0 bridgehead atoms. The monoisotopic (exact) mass is 807 g/mol. The topological polar surface area (TPSA) is 3.24 Å².